The highest BCUT2D eigenvalue weighted by molar-refractivity contribution is 8.00. The molecule has 1 heterocycles. The van der Waals surface area contributed by atoms with Crippen molar-refractivity contribution in [3.63, 3.8) is 0 Å². The van der Waals surface area contributed by atoms with E-state index in [1.165, 1.54) is 5.56 Å². The lowest BCUT2D eigenvalue weighted by atomic mass is 10.0. The first kappa shape index (κ1) is 11.1. The van der Waals surface area contributed by atoms with Gasteiger partial charge in [0, 0.05) is 9.62 Å². The quantitative estimate of drug-likeness (QED) is 0.837. The van der Waals surface area contributed by atoms with E-state index in [2.05, 4.69) is 19.9 Å². The van der Waals surface area contributed by atoms with E-state index in [4.69, 9.17) is 0 Å². The van der Waals surface area contributed by atoms with E-state index in [1.807, 2.05) is 18.6 Å². The van der Waals surface area contributed by atoms with Gasteiger partial charge in [0.2, 0.25) is 0 Å². The summed E-state index contributed by atoms with van der Waals surface area (Å²) in [6, 6.07) is 2.06. The van der Waals surface area contributed by atoms with Crippen LogP contribution in [0, 0.1) is 6.92 Å². The molecule has 0 aliphatic rings. The average Bonchev–Trinajstić information content (AvgIpc) is 2.50. The molecule has 0 amide bonds. The van der Waals surface area contributed by atoms with Crippen LogP contribution >= 0.6 is 23.1 Å². The summed E-state index contributed by atoms with van der Waals surface area (Å²) in [7, 11) is 0. The van der Waals surface area contributed by atoms with E-state index in [0.29, 0.717) is 0 Å². The second-order valence-electron chi connectivity index (χ2n) is 3.68. The van der Waals surface area contributed by atoms with Crippen LogP contribution in [0.1, 0.15) is 30.4 Å². The lowest BCUT2D eigenvalue weighted by molar-refractivity contribution is 0.147. The van der Waals surface area contributed by atoms with Gasteiger partial charge in [0.25, 0.3) is 0 Å². The molecule has 0 saturated carbocycles. The van der Waals surface area contributed by atoms with Crippen molar-refractivity contribution in [3.8, 4) is 0 Å². The van der Waals surface area contributed by atoms with Crippen molar-refractivity contribution >= 4 is 23.1 Å². The molecule has 3 heteroatoms. The standard InChI is InChI=1S/C10H16OS2/c1-7-5-6-13-8(7)9(11)10(2,3)12-4/h5-6,9,11H,1-4H3. The van der Waals surface area contributed by atoms with Crippen molar-refractivity contribution in [3.05, 3.63) is 21.9 Å². The minimum atomic E-state index is -0.359. The Kier molecular flexibility index (Phi) is 3.44. The fraction of sp³-hybridized carbons (Fsp3) is 0.600. The van der Waals surface area contributed by atoms with Crippen molar-refractivity contribution < 1.29 is 5.11 Å². The number of hydrogen-bond acceptors (Lipinski definition) is 3. The molecule has 1 aromatic heterocycles. The molecule has 13 heavy (non-hydrogen) atoms. The molecule has 1 atom stereocenters. The summed E-state index contributed by atoms with van der Waals surface area (Å²) in [5, 5.41) is 12.1. The summed E-state index contributed by atoms with van der Waals surface area (Å²) in [6.45, 7) is 6.19. The first-order valence-corrected chi connectivity index (χ1v) is 6.36. The number of hydrogen-bond donors (Lipinski definition) is 1. The minimum absolute atomic E-state index is 0.102. The van der Waals surface area contributed by atoms with E-state index in [0.717, 1.165) is 4.88 Å². The van der Waals surface area contributed by atoms with Gasteiger partial charge in [-0.3, -0.25) is 0 Å². The maximum Gasteiger partial charge on any atom is 0.102 e. The van der Waals surface area contributed by atoms with Crippen molar-refractivity contribution in [1.82, 2.24) is 0 Å². The van der Waals surface area contributed by atoms with Gasteiger partial charge in [0.05, 0.1) is 0 Å². The fourth-order valence-corrected chi connectivity index (χ4v) is 2.60. The molecule has 0 fully saturated rings. The molecule has 0 aliphatic carbocycles. The Morgan fingerprint density at radius 3 is 2.54 bits per heavy atom. The Labute approximate surface area is 88.2 Å². The summed E-state index contributed by atoms with van der Waals surface area (Å²) in [5.74, 6) is 0. The van der Waals surface area contributed by atoms with Gasteiger partial charge >= 0.3 is 0 Å². The third kappa shape index (κ3) is 2.27. The molecule has 74 valence electrons. The van der Waals surface area contributed by atoms with Crippen LogP contribution in [0.5, 0.6) is 0 Å². The molecule has 0 bridgehead atoms. The van der Waals surface area contributed by atoms with Crippen LogP contribution in [0.3, 0.4) is 0 Å². The normalized spacial score (nSPS) is 14.5. The lowest BCUT2D eigenvalue weighted by Gasteiger charge is -2.28. The van der Waals surface area contributed by atoms with Crippen molar-refractivity contribution in [2.45, 2.75) is 31.6 Å². The van der Waals surface area contributed by atoms with E-state index in [9.17, 15) is 5.11 Å². The average molecular weight is 216 g/mol. The molecule has 0 radical (unpaired) electrons. The summed E-state index contributed by atoms with van der Waals surface area (Å²) >= 11 is 3.34. The van der Waals surface area contributed by atoms with Crippen LogP contribution in [0.25, 0.3) is 0 Å². The topological polar surface area (TPSA) is 20.2 Å². The van der Waals surface area contributed by atoms with Crippen LogP contribution in [-0.2, 0) is 0 Å². The predicted octanol–water partition coefficient (Wildman–Crippen LogP) is 3.23. The SMILES string of the molecule is CSC(C)(C)C(O)c1sccc1C. The van der Waals surface area contributed by atoms with Crippen LogP contribution in [0.4, 0.5) is 0 Å². The fourth-order valence-electron chi connectivity index (χ4n) is 1.09. The van der Waals surface area contributed by atoms with E-state index in [1.54, 1.807) is 23.1 Å². The molecule has 1 unspecified atom stereocenters. The van der Waals surface area contributed by atoms with E-state index in [-0.39, 0.29) is 10.9 Å². The second-order valence-corrected chi connectivity index (χ2v) is 6.09. The van der Waals surface area contributed by atoms with Gasteiger partial charge in [-0.25, -0.2) is 0 Å². The van der Waals surface area contributed by atoms with Gasteiger partial charge in [-0.2, -0.15) is 11.8 Å². The highest BCUT2D eigenvalue weighted by Gasteiger charge is 2.29. The Bertz CT molecular complexity index is 278. The van der Waals surface area contributed by atoms with Gasteiger partial charge in [-0.05, 0) is 44.0 Å². The van der Waals surface area contributed by atoms with Crippen molar-refractivity contribution in [2.75, 3.05) is 6.26 Å². The highest BCUT2D eigenvalue weighted by Crippen LogP contribution is 2.38. The number of rotatable bonds is 3. The molecule has 0 spiro atoms. The van der Waals surface area contributed by atoms with Gasteiger partial charge in [-0.15, -0.1) is 11.3 Å². The highest BCUT2D eigenvalue weighted by atomic mass is 32.2. The predicted molar refractivity (Wildman–Crippen MR) is 61.6 cm³/mol. The van der Waals surface area contributed by atoms with Crippen LogP contribution in [0.15, 0.2) is 11.4 Å². The number of thiophene rings is 1. The van der Waals surface area contributed by atoms with Crippen LogP contribution < -0.4 is 0 Å². The van der Waals surface area contributed by atoms with Gasteiger partial charge in [-0.1, -0.05) is 0 Å². The third-order valence-electron chi connectivity index (χ3n) is 2.33. The van der Waals surface area contributed by atoms with Gasteiger partial charge in [0.1, 0.15) is 6.10 Å². The summed E-state index contributed by atoms with van der Waals surface area (Å²) in [4.78, 5) is 1.10. The Hall–Kier alpha value is 0.0100. The van der Waals surface area contributed by atoms with Crippen molar-refractivity contribution in [2.24, 2.45) is 0 Å². The third-order valence-corrected chi connectivity index (χ3v) is 4.68. The molecule has 1 aromatic rings. The Morgan fingerprint density at radius 1 is 1.54 bits per heavy atom. The first-order valence-electron chi connectivity index (χ1n) is 4.26. The molecule has 1 rings (SSSR count). The number of aliphatic hydroxyl groups excluding tert-OH is 1. The maximum absolute atomic E-state index is 10.1. The molecular formula is C10H16OS2. The Morgan fingerprint density at radius 2 is 2.15 bits per heavy atom. The van der Waals surface area contributed by atoms with E-state index >= 15 is 0 Å². The zero-order chi connectivity index (χ0) is 10.1. The summed E-state index contributed by atoms with van der Waals surface area (Å²) in [6.07, 6.45) is 1.68. The van der Waals surface area contributed by atoms with E-state index < -0.39 is 0 Å². The second kappa shape index (κ2) is 4.03. The number of aryl methyl sites for hydroxylation is 1. The van der Waals surface area contributed by atoms with Crippen molar-refractivity contribution in [1.29, 1.82) is 0 Å². The minimum Gasteiger partial charge on any atom is -0.386 e. The summed E-state index contributed by atoms with van der Waals surface area (Å²) < 4.78 is -0.102. The molecule has 1 N–H and O–H groups in total. The summed E-state index contributed by atoms with van der Waals surface area (Å²) in [5.41, 5.74) is 1.19. The zero-order valence-electron chi connectivity index (χ0n) is 8.50. The smallest absolute Gasteiger partial charge is 0.102 e. The molecular weight excluding hydrogens is 200 g/mol. The lowest BCUT2D eigenvalue weighted by Crippen LogP contribution is -2.24. The molecule has 1 nitrogen and oxygen atoms in total. The maximum atomic E-state index is 10.1. The zero-order valence-corrected chi connectivity index (χ0v) is 10.1. The molecule has 0 aliphatic heterocycles. The monoisotopic (exact) mass is 216 g/mol. The van der Waals surface area contributed by atoms with Crippen LogP contribution in [0.2, 0.25) is 0 Å². The van der Waals surface area contributed by atoms with Crippen LogP contribution in [-0.4, -0.2) is 16.1 Å². The van der Waals surface area contributed by atoms with Gasteiger partial charge < -0.3 is 5.11 Å². The molecule has 0 aromatic carbocycles. The number of aliphatic hydroxyl groups is 1. The first-order chi connectivity index (χ1) is 5.99. The number of thioether (sulfide) groups is 1. The van der Waals surface area contributed by atoms with Gasteiger partial charge in [0.15, 0.2) is 0 Å². The Balaban J connectivity index is 2.91. The molecule has 0 saturated heterocycles. The largest absolute Gasteiger partial charge is 0.386 e.